The van der Waals surface area contributed by atoms with E-state index in [0.717, 1.165) is 74.5 Å². The quantitative estimate of drug-likeness (QED) is 0.795. The van der Waals surface area contributed by atoms with Gasteiger partial charge in [0.1, 0.15) is 5.82 Å². The number of aryl methyl sites for hydroxylation is 1. The lowest BCUT2D eigenvalue weighted by Gasteiger charge is -2.44. The number of carbonyl (C=O) groups is 1. The van der Waals surface area contributed by atoms with Crippen LogP contribution in [-0.2, 0) is 11.2 Å². The van der Waals surface area contributed by atoms with E-state index in [-0.39, 0.29) is 18.1 Å². The third-order valence-electron chi connectivity index (χ3n) is 7.49. The number of carbonyl (C=O) groups excluding carboxylic acids is 1. The molecule has 4 atom stereocenters. The molecular weight excluding hydrogens is 378 g/mol. The van der Waals surface area contributed by atoms with Gasteiger partial charge in [-0.1, -0.05) is 6.07 Å². The van der Waals surface area contributed by atoms with Crippen LogP contribution >= 0.6 is 0 Å². The molecule has 1 amide bonds. The molecule has 7 nitrogen and oxygen atoms in total. The first-order chi connectivity index (χ1) is 14.5. The van der Waals surface area contributed by atoms with Crippen LogP contribution in [0.2, 0.25) is 0 Å². The lowest BCUT2D eigenvalue weighted by atomic mass is 9.77. The van der Waals surface area contributed by atoms with Crippen molar-refractivity contribution < 1.29 is 9.90 Å². The molecule has 0 unspecified atom stereocenters. The molecule has 0 bridgehead atoms. The van der Waals surface area contributed by atoms with Crippen LogP contribution in [0.15, 0.2) is 18.2 Å². The molecule has 0 radical (unpaired) electrons. The molecular formula is C23H33N5O2. The Morgan fingerprint density at radius 2 is 1.90 bits per heavy atom. The number of hydrogen-bond acceptors (Lipinski definition) is 5. The number of benzene rings is 1. The van der Waals surface area contributed by atoms with E-state index in [1.165, 1.54) is 0 Å². The number of nitrogens with one attached hydrogen (secondary N) is 1. The molecule has 162 valence electrons. The number of imidazole rings is 1. The van der Waals surface area contributed by atoms with Crippen LogP contribution < -0.4 is 0 Å². The van der Waals surface area contributed by atoms with Crippen LogP contribution in [0.25, 0.3) is 11.0 Å². The van der Waals surface area contributed by atoms with Crippen molar-refractivity contribution in [3.63, 3.8) is 0 Å². The Labute approximate surface area is 178 Å². The molecule has 30 heavy (non-hydrogen) atoms. The highest BCUT2D eigenvalue weighted by Crippen LogP contribution is 2.38. The van der Waals surface area contributed by atoms with E-state index in [1.54, 1.807) is 0 Å². The Morgan fingerprint density at radius 3 is 2.67 bits per heavy atom. The van der Waals surface area contributed by atoms with Crippen molar-refractivity contribution in [3.8, 4) is 0 Å². The molecule has 0 spiro atoms. The molecule has 5 rings (SSSR count). The molecule has 3 fully saturated rings. The average Bonchev–Trinajstić information content (AvgIpc) is 3.29. The van der Waals surface area contributed by atoms with Crippen molar-refractivity contribution in [3.05, 3.63) is 29.6 Å². The average molecular weight is 412 g/mol. The van der Waals surface area contributed by atoms with Gasteiger partial charge >= 0.3 is 0 Å². The van der Waals surface area contributed by atoms with Gasteiger partial charge in [-0.25, -0.2) is 4.98 Å². The smallest absolute Gasteiger partial charge is 0.227 e. The zero-order valence-electron chi connectivity index (χ0n) is 18.0. The van der Waals surface area contributed by atoms with E-state index in [1.807, 2.05) is 30.0 Å². The second-order valence-electron chi connectivity index (χ2n) is 9.61. The predicted molar refractivity (Wildman–Crippen MR) is 116 cm³/mol. The van der Waals surface area contributed by atoms with Crippen LogP contribution in [0.4, 0.5) is 0 Å². The number of nitrogens with zero attached hydrogens (tertiary/aromatic N) is 4. The number of amides is 1. The highest BCUT2D eigenvalue weighted by Gasteiger charge is 2.44. The number of H-pyrrole nitrogens is 1. The SMILES string of the molecule is Cc1nc2ccc(CC(=O)N3C[C@H]4C[C@@H](N5CCN(C)CC5)[C@H](O)C[C@H]4C3)cc2[nH]1. The van der Waals surface area contributed by atoms with Crippen molar-refractivity contribution in [2.24, 2.45) is 11.8 Å². The number of rotatable bonds is 3. The minimum absolute atomic E-state index is 0.200. The van der Waals surface area contributed by atoms with E-state index in [2.05, 4.69) is 26.8 Å². The summed E-state index contributed by atoms with van der Waals surface area (Å²) in [4.78, 5) is 27.6. The highest BCUT2D eigenvalue weighted by molar-refractivity contribution is 5.82. The van der Waals surface area contributed by atoms with Gasteiger partial charge in [0.15, 0.2) is 0 Å². The minimum Gasteiger partial charge on any atom is -0.391 e. The van der Waals surface area contributed by atoms with Crippen molar-refractivity contribution in [2.75, 3.05) is 46.3 Å². The lowest BCUT2D eigenvalue weighted by Crippen LogP contribution is -2.55. The molecule has 2 aliphatic heterocycles. The van der Waals surface area contributed by atoms with Gasteiger partial charge in [0.25, 0.3) is 0 Å². The van der Waals surface area contributed by atoms with Gasteiger partial charge in [-0.15, -0.1) is 0 Å². The van der Waals surface area contributed by atoms with Crippen molar-refractivity contribution in [1.82, 2.24) is 24.7 Å². The van der Waals surface area contributed by atoms with Crippen molar-refractivity contribution in [2.45, 2.75) is 38.3 Å². The number of hydrogen-bond donors (Lipinski definition) is 2. The van der Waals surface area contributed by atoms with Crippen LogP contribution in [0.1, 0.15) is 24.2 Å². The number of likely N-dealkylation sites (N-methyl/N-ethyl adjacent to an activating group) is 1. The van der Waals surface area contributed by atoms with Crippen LogP contribution in [0.3, 0.4) is 0 Å². The summed E-state index contributed by atoms with van der Waals surface area (Å²) in [6.07, 6.45) is 2.00. The minimum atomic E-state index is -0.268. The van der Waals surface area contributed by atoms with E-state index < -0.39 is 0 Å². The largest absolute Gasteiger partial charge is 0.391 e. The number of aromatic amines is 1. The fraction of sp³-hybridized carbons (Fsp3) is 0.652. The summed E-state index contributed by atoms with van der Waals surface area (Å²) in [5.74, 6) is 2.04. The third kappa shape index (κ3) is 3.86. The number of aliphatic hydroxyl groups excluding tert-OH is 1. The number of fused-ring (bicyclic) bond motifs is 2. The predicted octanol–water partition coefficient (Wildman–Crippen LogP) is 1.26. The lowest BCUT2D eigenvalue weighted by molar-refractivity contribution is -0.129. The molecule has 1 saturated carbocycles. The zero-order valence-corrected chi connectivity index (χ0v) is 18.0. The zero-order chi connectivity index (χ0) is 20.8. The van der Waals surface area contributed by atoms with Gasteiger partial charge in [0.05, 0.1) is 23.6 Å². The second kappa shape index (κ2) is 7.94. The van der Waals surface area contributed by atoms with Gasteiger partial charge in [-0.2, -0.15) is 0 Å². The molecule has 3 aliphatic rings. The summed E-state index contributed by atoms with van der Waals surface area (Å²) in [7, 11) is 2.16. The van der Waals surface area contributed by atoms with E-state index in [4.69, 9.17) is 0 Å². The Morgan fingerprint density at radius 1 is 1.17 bits per heavy atom. The van der Waals surface area contributed by atoms with E-state index >= 15 is 0 Å². The third-order valence-corrected chi connectivity index (χ3v) is 7.49. The summed E-state index contributed by atoms with van der Waals surface area (Å²) < 4.78 is 0. The molecule has 2 N–H and O–H groups in total. The summed E-state index contributed by atoms with van der Waals surface area (Å²) in [6, 6.07) is 6.30. The monoisotopic (exact) mass is 411 g/mol. The summed E-state index contributed by atoms with van der Waals surface area (Å²) in [5, 5.41) is 10.8. The second-order valence-corrected chi connectivity index (χ2v) is 9.61. The summed E-state index contributed by atoms with van der Waals surface area (Å²) >= 11 is 0. The molecule has 2 aromatic rings. The Kier molecular flexibility index (Phi) is 5.29. The van der Waals surface area contributed by atoms with Crippen LogP contribution in [0, 0.1) is 18.8 Å². The molecule has 1 aromatic heterocycles. The molecule has 3 heterocycles. The van der Waals surface area contributed by atoms with E-state index in [9.17, 15) is 9.90 Å². The first kappa shape index (κ1) is 20.0. The first-order valence-electron chi connectivity index (χ1n) is 11.3. The van der Waals surface area contributed by atoms with Crippen molar-refractivity contribution in [1.29, 1.82) is 0 Å². The molecule has 1 aliphatic carbocycles. The number of likely N-dealkylation sites (tertiary alicyclic amines) is 1. The van der Waals surface area contributed by atoms with Gasteiger partial charge in [-0.3, -0.25) is 9.69 Å². The van der Waals surface area contributed by atoms with E-state index in [0.29, 0.717) is 18.3 Å². The fourth-order valence-electron chi connectivity index (χ4n) is 5.74. The maximum absolute atomic E-state index is 13.0. The molecule has 7 heteroatoms. The maximum Gasteiger partial charge on any atom is 0.227 e. The topological polar surface area (TPSA) is 75.7 Å². The fourth-order valence-corrected chi connectivity index (χ4v) is 5.74. The van der Waals surface area contributed by atoms with Crippen molar-refractivity contribution >= 4 is 16.9 Å². The first-order valence-corrected chi connectivity index (χ1v) is 11.3. The highest BCUT2D eigenvalue weighted by atomic mass is 16.3. The molecule has 1 aromatic carbocycles. The van der Waals surface area contributed by atoms with Gasteiger partial charge < -0.3 is 19.9 Å². The Bertz CT molecular complexity index is 919. The van der Waals surface area contributed by atoms with Crippen LogP contribution in [0.5, 0.6) is 0 Å². The normalized spacial score (nSPS) is 30.7. The maximum atomic E-state index is 13.0. The number of aromatic nitrogens is 2. The Balaban J connectivity index is 1.21. The van der Waals surface area contributed by atoms with Crippen LogP contribution in [-0.4, -0.2) is 94.1 Å². The van der Waals surface area contributed by atoms with Gasteiger partial charge in [-0.05, 0) is 56.3 Å². The summed E-state index contributed by atoms with van der Waals surface area (Å²) in [6.45, 7) is 7.79. The van der Waals surface area contributed by atoms with Gasteiger partial charge in [0, 0.05) is 45.3 Å². The Hall–Kier alpha value is -1.96. The van der Waals surface area contributed by atoms with Gasteiger partial charge in [0.2, 0.25) is 5.91 Å². The summed E-state index contributed by atoms with van der Waals surface area (Å²) in [5.41, 5.74) is 2.97. The molecule has 2 saturated heterocycles. The number of aliphatic hydroxyl groups is 1. The number of piperazine rings is 1. The standard InChI is InChI=1S/C23H33N5O2/c1-15-24-19-4-3-16(9-20(19)25-15)10-23(30)28-13-17-11-21(22(29)12-18(17)14-28)27-7-5-26(2)6-8-27/h3-4,9,17-18,21-22,29H,5-8,10-14H2,1-2H3,(H,24,25)/t17-,18+,21-,22-/m1/s1.